The predicted molar refractivity (Wildman–Crippen MR) is 120 cm³/mol. The highest BCUT2D eigenvalue weighted by Crippen LogP contribution is 2.29. The van der Waals surface area contributed by atoms with Gasteiger partial charge in [0.05, 0.1) is 47.4 Å². The van der Waals surface area contributed by atoms with Crippen molar-refractivity contribution in [3.63, 3.8) is 0 Å². The van der Waals surface area contributed by atoms with Crippen LogP contribution in [0.2, 0.25) is 0 Å². The predicted octanol–water partition coefficient (Wildman–Crippen LogP) is -1.33. The van der Waals surface area contributed by atoms with Crippen molar-refractivity contribution in [2.45, 2.75) is 39.8 Å². The largest absolute Gasteiger partial charge is 0.493 e. The summed E-state index contributed by atoms with van der Waals surface area (Å²) in [6.07, 6.45) is 0. The maximum atomic E-state index is 12.7. The lowest BCUT2D eigenvalue weighted by Gasteiger charge is -2.33. The van der Waals surface area contributed by atoms with Crippen LogP contribution >= 0.6 is 0 Å². The third-order valence-electron chi connectivity index (χ3n) is 5.54. The van der Waals surface area contributed by atoms with E-state index in [1.165, 1.54) is 16.0 Å². The van der Waals surface area contributed by atoms with Crippen LogP contribution in [0.1, 0.15) is 31.9 Å². The van der Waals surface area contributed by atoms with Crippen LogP contribution in [0.5, 0.6) is 11.5 Å². The Morgan fingerprint density at radius 3 is 2.23 bits per heavy atom. The first-order valence-electron chi connectivity index (χ1n) is 11.0. The molecule has 0 aliphatic carbocycles. The Hall–Kier alpha value is -2.32. The molecule has 2 amide bonds. The number of aryl methyl sites for hydroxylation is 1. The highest BCUT2D eigenvalue weighted by Gasteiger charge is 2.27. The van der Waals surface area contributed by atoms with Crippen molar-refractivity contribution in [1.29, 1.82) is 0 Å². The lowest BCUT2D eigenvalue weighted by molar-refractivity contribution is -0.917. The van der Waals surface area contributed by atoms with Crippen molar-refractivity contribution in [3.05, 3.63) is 23.3 Å². The summed E-state index contributed by atoms with van der Waals surface area (Å²) in [6, 6.07) is 4.07. The minimum atomic E-state index is -0.257. The van der Waals surface area contributed by atoms with Gasteiger partial charge in [-0.25, -0.2) is 0 Å². The average Bonchev–Trinajstić information content (AvgIpc) is 2.67. The number of hydrogen-bond donors (Lipinski definition) is 3. The number of ether oxygens (including phenoxy) is 2. The van der Waals surface area contributed by atoms with E-state index in [0.29, 0.717) is 13.1 Å². The van der Waals surface area contributed by atoms with Gasteiger partial charge in [-0.15, -0.1) is 0 Å². The number of quaternary nitrogens is 2. The monoisotopic (exact) mass is 436 g/mol. The Bertz CT molecular complexity index is 768. The van der Waals surface area contributed by atoms with Crippen LogP contribution in [-0.2, 0) is 16.1 Å². The molecule has 2 rings (SSSR count). The second-order valence-corrected chi connectivity index (χ2v) is 9.55. The molecule has 8 nitrogen and oxygen atoms in total. The smallest absolute Gasteiger partial charge is 0.278 e. The molecular formula is C23H40N4O4+2. The normalized spacial score (nSPS) is 16.0. The van der Waals surface area contributed by atoms with Gasteiger partial charge >= 0.3 is 0 Å². The Morgan fingerprint density at radius 2 is 1.68 bits per heavy atom. The van der Waals surface area contributed by atoms with Crippen LogP contribution in [0, 0.1) is 6.92 Å². The molecule has 1 fully saturated rings. The number of benzene rings is 1. The molecule has 0 saturated carbocycles. The van der Waals surface area contributed by atoms with Gasteiger partial charge in [-0.3, -0.25) is 9.59 Å². The maximum absolute atomic E-state index is 12.7. The molecule has 1 aliphatic heterocycles. The minimum Gasteiger partial charge on any atom is -0.493 e. The molecule has 1 saturated heterocycles. The van der Waals surface area contributed by atoms with Crippen molar-refractivity contribution in [2.24, 2.45) is 0 Å². The fourth-order valence-electron chi connectivity index (χ4n) is 3.90. The number of amides is 2. The maximum Gasteiger partial charge on any atom is 0.278 e. The molecule has 0 bridgehead atoms. The van der Waals surface area contributed by atoms with Crippen molar-refractivity contribution in [2.75, 3.05) is 60.5 Å². The van der Waals surface area contributed by atoms with Crippen LogP contribution in [-0.4, -0.2) is 82.8 Å². The van der Waals surface area contributed by atoms with Crippen molar-refractivity contribution in [3.8, 4) is 11.5 Å². The van der Waals surface area contributed by atoms with E-state index < -0.39 is 0 Å². The second-order valence-electron chi connectivity index (χ2n) is 9.55. The lowest BCUT2D eigenvalue weighted by atomic mass is 10.1. The highest BCUT2D eigenvalue weighted by atomic mass is 16.5. The molecule has 8 heteroatoms. The molecule has 1 aromatic carbocycles. The van der Waals surface area contributed by atoms with Gasteiger partial charge in [0.25, 0.3) is 11.8 Å². The van der Waals surface area contributed by atoms with E-state index in [1.807, 2.05) is 38.8 Å². The number of likely N-dealkylation sites (N-methyl/N-ethyl adjacent to an activating group) is 1. The van der Waals surface area contributed by atoms with E-state index in [-0.39, 0.29) is 17.4 Å². The summed E-state index contributed by atoms with van der Waals surface area (Å²) in [5.41, 5.74) is 2.16. The first-order chi connectivity index (χ1) is 14.5. The Morgan fingerprint density at radius 1 is 1.10 bits per heavy atom. The van der Waals surface area contributed by atoms with Crippen LogP contribution in [0.15, 0.2) is 12.1 Å². The summed E-state index contributed by atoms with van der Waals surface area (Å²) in [5, 5.41) is 2.95. The number of piperazine rings is 1. The first kappa shape index (κ1) is 24.9. The second kappa shape index (κ2) is 10.8. The zero-order valence-corrected chi connectivity index (χ0v) is 20.2. The molecule has 1 atom stereocenters. The van der Waals surface area contributed by atoms with Crippen molar-refractivity contribution >= 4 is 11.8 Å². The van der Waals surface area contributed by atoms with E-state index >= 15 is 0 Å². The number of nitrogens with zero attached hydrogens (tertiary/aromatic N) is 1. The first-order valence-corrected chi connectivity index (χ1v) is 11.0. The molecule has 0 aromatic heterocycles. The molecule has 1 aliphatic rings. The summed E-state index contributed by atoms with van der Waals surface area (Å²) in [5.74, 6) is 1.58. The number of nitrogens with one attached hydrogen (secondary N) is 3. The summed E-state index contributed by atoms with van der Waals surface area (Å²) in [6.45, 7) is 12.8. The minimum absolute atomic E-state index is 0.0302. The van der Waals surface area contributed by atoms with Gasteiger partial charge < -0.3 is 29.5 Å². The average molecular weight is 437 g/mol. The zero-order valence-electron chi connectivity index (χ0n) is 20.2. The van der Waals surface area contributed by atoms with E-state index in [1.54, 1.807) is 14.2 Å². The van der Waals surface area contributed by atoms with Crippen LogP contribution in [0.25, 0.3) is 0 Å². The van der Waals surface area contributed by atoms with Crippen LogP contribution < -0.4 is 24.6 Å². The lowest BCUT2D eigenvalue weighted by Crippen LogP contribution is -3.14. The molecule has 174 valence electrons. The third-order valence-corrected chi connectivity index (χ3v) is 5.54. The SMILES string of the molecule is COc1cc(C)c(C[NH+]2CCN(C(=O)C[NH+](C)CC(=O)NC(C)(C)C)CC2)cc1OC. The van der Waals surface area contributed by atoms with Gasteiger partial charge in [-0.2, -0.15) is 0 Å². The number of carbonyl (C=O) groups excluding carboxylic acids is 2. The quantitative estimate of drug-likeness (QED) is 0.472. The highest BCUT2D eigenvalue weighted by molar-refractivity contribution is 5.79. The van der Waals surface area contributed by atoms with E-state index in [0.717, 1.165) is 49.1 Å². The summed E-state index contributed by atoms with van der Waals surface area (Å²) < 4.78 is 10.8. The van der Waals surface area contributed by atoms with Gasteiger partial charge in [0.1, 0.15) is 6.54 Å². The zero-order chi connectivity index (χ0) is 23.2. The van der Waals surface area contributed by atoms with Crippen molar-refractivity contribution in [1.82, 2.24) is 10.2 Å². The molecular weight excluding hydrogens is 396 g/mol. The molecule has 31 heavy (non-hydrogen) atoms. The van der Waals surface area contributed by atoms with Crippen LogP contribution in [0.3, 0.4) is 0 Å². The van der Waals surface area contributed by atoms with Gasteiger partial charge in [-0.05, 0) is 45.4 Å². The van der Waals surface area contributed by atoms with Gasteiger partial charge in [0.2, 0.25) is 0 Å². The number of methoxy groups -OCH3 is 2. The van der Waals surface area contributed by atoms with E-state index in [4.69, 9.17) is 9.47 Å². The Kier molecular flexibility index (Phi) is 8.70. The van der Waals surface area contributed by atoms with Gasteiger partial charge in [-0.1, -0.05) is 0 Å². The van der Waals surface area contributed by atoms with E-state index in [9.17, 15) is 9.59 Å². The Balaban J connectivity index is 1.83. The number of hydrogen-bond acceptors (Lipinski definition) is 4. The standard InChI is InChI=1S/C23H38N4O4/c1-17-12-19(30-6)20(31-7)13-18(17)14-26-8-10-27(11-9-26)22(29)16-25(5)15-21(28)24-23(2,3)4/h12-13H,8-11,14-16H2,1-7H3,(H,24,28)/p+2. The van der Waals surface area contributed by atoms with Gasteiger partial charge in [0.15, 0.2) is 24.6 Å². The number of carbonyl (C=O) groups is 2. The topological polar surface area (TPSA) is 76.8 Å². The number of rotatable bonds is 8. The fourth-order valence-corrected chi connectivity index (χ4v) is 3.90. The van der Waals surface area contributed by atoms with Crippen molar-refractivity contribution < 1.29 is 28.9 Å². The summed E-state index contributed by atoms with van der Waals surface area (Å²) in [7, 11) is 5.19. The van der Waals surface area contributed by atoms with Gasteiger partial charge in [0, 0.05) is 11.1 Å². The molecule has 0 spiro atoms. The van der Waals surface area contributed by atoms with Crippen LogP contribution in [0.4, 0.5) is 0 Å². The third kappa shape index (κ3) is 7.70. The Labute approximate surface area is 186 Å². The summed E-state index contributed by atoms with van der Waals surface area (Å²) in [4.78, 5) is 29.0. The molecule has 0 radical (unpaired) electrons. The van der Waals surface area contributed by atoms with E-state index in [2.05, 4.69) is 18.3 Å². The molecule has 1 unspecified atom stereocenters. The summed E-state index contributed by atoms with van der Waals surface area (Å²) >= 11 is 0. The molecule has 1 heterocycles. The fraction of sp³-hybridized carbons (Fsp3) is 0.652. The molecule has 1 aromatic rings. The molecule has 3 N–H and O–H groups in total.